The molecule has 1 nitrogen and oxygen atoms in total. The number of hydrogen-bond acceptors (Lipinski definition) is 1. The molecule has 10 heavy (non-hydrogen) atoms. The first-order valence-corrected chi connectivity index (χ1v) is 4.06. The van der Waals surface area contributed by atoms with Crippen molar-refractivity contribution in [1.82, 2.24) is 0 Å². The third kappa shape index (κ3) is 2.31. The van der Waals surface area contributed by atoms with Gasteiger partial charge in [0.1, 0.15) is 6.11 Å². The van der Waals surface area contributed by atoms with Crippen LogP contribution in [0.2, 0.25) is 0 Å². The molecule has 0 bridgehead atoms. The van der Waals surface area contributed by atoms with Gasteiger partial charge < -0.3 is 4.74 Å². The van der Waals surface area contributed by atoms with Crippen molar-refractivity contribution in [2.45, 2.75) is 32.6 Å². The highest BCUT2D eigenvalue weighted by Crippen LogP contribution is 2.23. The Morgan fingerprint density at radius 1 is 1.40 bits per heavy atom. The van der Waals surface area contributed by atoms with Gasteiger partial charge in [0.15, 0.2) is 0 Å². The van der Waals surface area contributed by atoms with Crippen molar-refractivity contribution in [3.63, 3.8) is 0 Å². The van der Waals surface area contributed by atoms with Crippen LogP contribution in [0.4, 0.5) is 0 Å². The Morgan fingerprint density at radius 2 is 2.10 bits per heavy atom. The molecule has 0 amide bonds. The van der Waals surface area contributed by atoms with Crippen molar-refractivity contribution < 1.29 is 4.74 Å². The number of rotatable bonds is 1. The van der Waals surface area contributed by atoms with Crippen LogP contribution < -0.4 is 0 Å². The van der Waals surface area contributed by atoms with Gasteiger partial charge >= 0.3 is 0 Å². The second-order valence-corrected chi connectivity index (χ2v) is 2.66. The van der Waals surface area contributed by atoms with Gasteiger partial charge in [0, 0.05) is 5.92 Å². The minimum atomic E-state index is 0.631. The van der Waals surface area contributed by atoms with E-state index in [1.807, 2.05) is 6.92 Å². The normalized spacial score (nSPS) is 18.1. The van der Waals surface area contributed by atoms with Crippen LogP contribution in [0.15, 0.2) is 0 Å². The third-order valence-electron chi connectivity index (χ3n) is 1.83. The van der Waals surface area contributed by atoms with Crippen molar-refractivity contribution in [2.24, 2.45) is 5.92 Å². The van der Waals surface area contributed by atoms with Crippen LogP contribution in [-0.4, -0.2) is 6.61 Å². The molecular weight excluding hydrogens is 124 g/mol. The van der Waals surface area contributed by atoms with Crippen molar-refractivity contribution >= 4 is 0 Å². The fraction of sp³-hybridized carbons (Fsp3) is 0.778. The zero-order valence-corrected chi connectivity index (χ0v) is 6.52. The fourth-order valence-electron chi connectivity index (χ4n) is 1.27. The molecule has 56 valence electrons. The summed E-state index contributed by atoms with van der Waals surface area (Å²) < 4.78 is 4.93. The van der Waals surface area contributed by atoms with E-state index in [9.17, 15) is 0 Å². The van der Waals surface area contributed by atoms with Gasteiger partial charge in [-0.2, -0.15) is 0 Å². The average Bonchev–Trinajstić information content (AvgIpc) is 2.41. The summed E-state index contributed by atoms with van der Waals surface area (Å²) >= 11 is 0. The highest BCUT2D eigenvalue weighted by molar-refractivity contribution is 4.99. The molecule has 0 aromatic carbocycles. The standard InChI is InChI=1S/C9H14O/c1-2-10-8-7-9-5-3-4-6-9/h9H,2-6H2,1H3. The molecule has 1 heteroatoms. The van der Waals surface area contributed by atoms with Crippen molar-refractivity contribution in [1.29, 1.82) is 0 Å². The lowest BCUT2D eigenvalue weighted by Crippen LogP contribution is -1.87. The molecule has 1 rings (SSSR count). The molecule has 0 unspecified atom stereocenters. The molecule has 0 saturated heterocycles. The van der Waals surface area contributed by atoms with Gasteiger partial charge in [0.2, 0.25) is 0 Å². The summed E-state index contributed by atoms with van der Waals surface area (Å²) in [4.78, 5) is 0. The van der Waals surface area contributed by atoms with Crippen molar-refractivity contribution in [3.8, 4) is 12.0 Å². The van der Waals surface area contributed by atoms with Crippen LogP contribution in [0.1, 0.15) is 32.6 Å². The molecule has 0 aromatic heterocycles. The molecular formula is C9H14O. The Kier molecular flexibility index (Phi) is 3.15. The van der Waals surface area contributed by atoms with Crippen LogP contribution in [0.25, 0.3) is 0 Å². The van der Waals surface area contributed by atoms with E-state index in [2.05, 4.69) is 12.0 Å². The Labute approximate surface area is 62.8 Å². The van der Waals surface area contributed by atoms with Crippen LogP contribution in [0.3, 0.4) is 0 Å². The fourth-order valence-corrected chi connectivity index (χ4v) is 1.27. The van der Waals surface area contributed by atoms with E-state index in [0.717, 1.165) is 0 Å². The van der Waals surface area contributed by atoms with Gasteiger partial charge in [0.25, 0.3) is 0 Å². The first-order valence-electron chi connectivity index (χ1n) is 4.06. The van der Waals surface area contributed by atoms with E-state index in [1.54, 1.807) is 0 Å². The zero-order chi connectivity index (χ0) is 7.23. The van der Waals surface area contributed by atoms with Gasteiger partial charge in [-0.3, -0.25) is 0 Å². The van der Waals surface area contributed by atoms with E-state index in [0.29, 0.717) is 12.5 Å². The van der Waals surface area contributed by atoms with Crippen molar-refractivity contribution in [2.75, 3.05) is 6.61 Å². The SMILES string of the molecule is CCOC#CC1CCCC1. The summed E-state index contributed by atoms with van der Waals surface area (Å²) in [5, 5.41) is 0. The largest absolute Gasteiger partial charge is 0.447 e. The predicted octanol–water partition coefficient (Wildman–Crippen LogP) is 2.17. The quantitative estimate of drug-likeness (QED) is 0.504. The molecule has 1 aliphatic carbocycles. The minimum absolute atomic E-state index is 0.631. The van der Waals surface area contributed by atoms with Crippen LogP contribution in [0, 0.1) is 17.9 Å². The van der Waals surface area contributed by atoms with Gasteiger partial charge in [-0.25, -0.2) is 0 Å². The van der Waals surface area contributed by atoms with E-state index in [4.69, 9.17) is 4.74 Å². The number of hydrogen-bond donors (Lipinski definition) is 0. The highest BCUT2D eigenvalue weighted by atomic mass is 16.5. The van der Waals surface area contributed by atoms with Crippen LogP contribution >= 0.6 is 0 Å². The summed E-state index contributed by atoms with van der Waals surface area (Å²) in [6, 6.07) is 0. The van der Waals surface area contributed by atoms with E-state index < -0.39 is 0 Å². The Bertz CT molecular complexity index is 135. The molecule has 1 aliphatic rings. The smallest absolute Gasteiger partial charge is 0.110 e. The van der Waals surface area contributed by atoms with Gasteiger partial charge in [-0.1, -0.05) is 18.8 Å². The summed E-state index contributed by atoms with van der Waals surface area (Å²) in [6.07, 6.45) is 7.99. The van der Waals surface area contributed by atoms with E-state index >= 15 is 0 Å². The third-order valence-corrected chi connectivity index (χ3v) is 1.83. The zero-order valence-electron chi connectivity index (χ0n) is 6.52. The first kappa shape index (κ1) is 7.47. The maximum absolute atomic E-state index is 4.93. The lowest BCUT2D eigenvalue weighted by Gasteiger charge is -1.94. The van der Waals surface area contributed by atoms with Gasteiger partial charge in [-0.05, 0) is 19.8 Å². The lowest BCUT2D eigenvalue weighted by molar-refractivity contribution is 0.298. The molecule has 0 aromatic rings. The second kappa shape index (κ2) is 4.22. The Hall–Kier alpha value is -0.640. The first-order chi connectivity index (χ1) is 4.93. The maximum Gasteiger partial charge on any atom is 0.110 e. The Morgan fingerprint density at radius 3 is 2.70 bits per heavy atom. The molecule has 0 heterocycles. The molecule has 0 radical (unpaired) electrons. The molecule has 0 N–H and O–H groups in total. The summed E-state index contributed by atoms with van der Waals surface area (Å²) in [5.74, 6) is 3.74. The molecule has 0 atom stereocenters. The molecule has 1 saturated carbocycles. The summed E-state index contributed by atoms with van der Waals surface area (Å²) in [7, 11) is 0. The molecule has 0 spiro atoms. The van der Waals surface area contributed by atoms with Gasteiger partial charge in [0.05, 0.1) is 6.61 Å². The Balaban J connectivity index is 2.17. The molecule has 0 aliphatic heterocycles. The predicted molar refractivity (Wildman–Crippen MR) is 41.4 cm³/mol. The average molecular weight is 138 g/mol. The van der Waals surface area contributed by atoms with Crippen LogP contribution in [0.5, 0.6) is 0 Å². The van der Waals surface area contributed by atoms with E-state index in [-0.39, 0.29) is 0 Å². The second-order valence-electron chi connectivity index (χ2n) is 2.66. The topological polar surface area (TPSA) is 9.23 Å². The summed E-state index contributed by atoms with van der Waals surface area (Å²) in [5.41, 5.74) is 0. The maximum atomic E-state index is 4.93. The monoisotopic (exact) mass is 138 g/mol. The van der Waals surface area contributed by atoms with Gasteiger partial charge in [-0.15, -0.1) is 0 Å². The van der Waals surface area contributed by atoms with Crippen LogP contribution in [-0.2, 0) is 4.74 Å². The van der Waals surface area contributed by atoms with Crippen molar-refractivity contribution in [3.05, 3.63) is 0 Å². The summed E-state index contributed by atoms with van der Waals surface area (Å²) in [6.45, 7) is 2.67. The molecule has 1 fully saturated rings. The van der Waals surface area contributed by atoms with E-state index in [1.165, 1.54) is 25.7 Å². The number of ether oxygens (including phenoxy) is 1. The minimum Gasteiger partial charge on any atom is -0.447 e. The highest BCUT2D eigenvalue weighted by Gasteiger charge is 2.11. The lowest BCUT2D eigenvalue weighted by atomic mass is 10.1.